The van der Waals surface area contributed by atoms with E-state index < -0.39 is 343 Å². The van der Waals surface area contributed by atoms with Crippen LogP contribution >= 0.6 is 0 Å². The molecule has 0 aliphatic rings. The molecule has 12 atom stereocenters. The Bertz CT molecular complexity index is 4040. The second-order valence-corrected chi connectivity index (χ2v) is 36.5. The molecule has 0 aliphatic carbocycles. The molecule has 0 unspecified atom stereocenters. The zero-order chi connectivity index (χ0) is 108. The molecule has 0 aromatic carbocycles. The molecule has 0 fully saturated rings. The zero-order valence-corrected chi connectivity index (χ0v) is 82.5. The van der Waals surface area contributed by atoms with Gasteiger partial charge >= 0.3 is 29.8 Å². The van der Waals surface area contributed by atoms with E-state index in [1.807, 2.05) is 0 Å². The van der Waals surface area contributed by atoms with Gasteiger partial charge in [0.2, 0.25) is 53.2 Å². The van der Waals surface area contributed by atoms with Crippen molar-refractivity contribution in [3.8, 4) is 0 Å². The minimum atomic E-state index is -1.67. The minimum Gasteiger partial charge on any atom is -0.481 e. The molecular formula is C95H164N12O36. The summed E-state index contributed by atoms with van der Waals surface area (Å²) in [5, 5.41) is 153. The summed E-state index contributed by atoms with van der Waals surface area (Å²) in [4.78, 5) is 291. The van der Waals surface area contributed by atoms with E-state index in [9.17, 15) is 166 Å². The largest absolute Gasteiger partial charge is 0.481 e. The molecule has 0 radical (unpaired) electrons. The number of ketones is 9. The predicted octanol–water partition coefficient (Wildman–Crippen LogP) is -1.39. The number of amides is 9. The van der Waals surface area contributed by atoms with Crippen molar-refractivity contribution in [2.75, 3.05) is 92.1 Å². The van der Waals surface area contributed by atoms with Crippen LogP contribution in [0.3, 0.4) is 0 Å². The van der Waals surface area contributed by atoms with Crippen LogP contribution < -0.4 is 64.2 Å². The van der Waals surface area contributed by atoms with Crippen molar-refractivity contribution in [3.05, 3.63) is 0 Å². The van der Waals surface area contributed by atoms with Crippen molar-refractivity contribution in [2.24, 2.45) is 35.3 Å². The van der Waals surface area contributed by atoms with Gasteiger partial charge in [-0.05, 0) is 90.9 Å². The van der Waals surface area contributed by atoms with Gasteiger partial charge in [-0.2, -0.15) is 0 Å². The second kappa shape index (κ2) is 78.6. The average Bonchev–Trinajstić information content (AvgIpc) is 0.888. The van der Waals surface area contributed by atoms with Crippen LogP contribution in [-0.2, 0) is 110 Å². The number of Topliss-reactive ketones (excluding diaryl/α,β-unsaturated/α-hetero) is 9. The maximum absolute atomic E-state index is 13.6. The van der Waals surface area contributed by atoms with E-state index in [0.717, 1.165) is 103 Å². The average molecular weight is 2050 g/mol. The molecule has 0 aromatic rings. The van der Waals surface area contributed by atoms with Crippen molar-refractivity contribution in [3.63, 3.8) is 0 Å². The lowest BCUT2D eigenvalue weighted by molar-refractivity contribution is -0.144. The van der Waals surface area contributed by atoms with Crippen LogP contribution in [0.1, 0.15) is 294 Å². The molecule has 0 aliphatic heterocycles. The van der Waals surface area contributed by atoms with Gasteiger partial charge in [0.05, 0.1) is 120 Å². The predicted molar refractivity (Wildman–Crippen MR) is 516 cm³/mol. The number of carbonyl (C=O) groups is 23. The quantitative estimate of drug-likeness (QED) is 0.0312. The number of aliphatic hydroxyl groups excluding tert-OH is 8. The normalized spacial score (nSPS) is 13.8. The summed E-state index contributed by atoms with van der Waals surface area (Å²) < 4.78 is 0. The molecule has 26 N–H and O–H groups in total. The first-order chi connectivity index (χ1) is 67.8. The molecule has 0 rings (SSSR count). The summed E-state index contributed by atoms with van der Waals surface area (Å²) in [5.41, 5.74) is 4.65. The number of carboxylic acids is 5. The maximum atomic E-state index is 13.6. The first kappa shape index (κ1) is 132. The van der Waals surface area contributed by atoms with Gasteiger partial charge in [-0.1, -0.05) is 103 Å². The Morgan fingerprint density at radius 1 is 0.245 bits per heavy atom. The van der Waals surface area contributed by atoms with Gasteiger partial charge in [0.25, 0.3) is 0 Å². The number of unbranched alkanes of at least 4 members (excludes halogenated alkanes) is 20. The van der Waals surface area contributed by atoms with Gasteiger partial charge in [-0.3, -0.25) is 111 Å². The smallest absolute Gasteiger partial charge is 0.326 e. The maximum Gasteiger partial charge on any atom is 0.326 e. The Balaban J connectivity index is -0.0000336. The first-order valence-electron chi connectivity index (χ1n) is 49.4. The van der Waals surface area contributed by atoms with Crippen LogP contribution in [0.15, 0.2) is 0 Å². The van der Waals surface area contributed by atoms with Crippen LogP contribution in [-0.4, -0.2) is 341 Å². The molecule has 820 valence electrons. The molecule has 48 nitrogen and oxygen atoms in total. The Morgan fingerprint density at radius 2 is 0.587 bits per heavy atom. The van der Waals surface area contributed by atoms with Crippen LogP contribution in [0, 0.1) is 29.6 Å². The topological polar surface area (TPSA) is 814 Å². The third-order valence-electron chi connectivity index (χ3n) is 23.8. The van der Waals surface area contributed by atoms with E-state index in [2.05, 4.69) is 58.5 Å². The van der Waals surface area contributed by atoms with Crippen LogP contribution in [0.2, 0.25) is 0 Å². The summed E-state index contributed by atoms with van der Waals surface area (Å²) >= 11 is 0. The number of hydrogen-bond acceptors (Lipinski definition) is 34. The van der Waals surface area contributed by atoms with Crippen molar-refractivity contribution in [2.45, 2.75) is 338 Å². The molecule has 0 saturated carbocycles. The fraction of sp³-hybridized carbons (Fsp3) is 0.758. The van der Waals surface area contributed by atoms with E-state index in [-0.39, 0.29) is 113 Å². The lowest BCUT2D eigenvalue weighted by atomic mass is 9.91. The SMILES string of the molecule is CC(C)(N)C(=O)CN[C@@H](CCCCNC(=O)CCC(=O)[C@H](CO)NC(=O)[C@H](CO)CC(=O)CNC(=O)[C@H](CO)CC(=O)[C@H](CO)NC(=O)CC[C@H](NC(=O)CCCCCCCCCCCCC(=O)O)C(=O)O)C(=O)CN[C@@H](CCCCNC(=O)CNC(=O)[C@H](CO)CC(=O)[C@H](CO)NC(=O)CCC(=O)[C@H](CO)NC(=O)[C@H](CO)CC(=O)CC[C@H](CC(=O)CCCCCCCCCCCCC(=O)O)C(=O)O)C(=O)O.[HH].[HH].[HH]. The monoisotopic (exact) mass is 2050 g/mol. The van der Waals surface area contributed by atoms with E-state index in [1.165, 1.54) is 13.8 Å². The number of hydrogen-bond donors (Lipinski definition) is 25. The van der Waals surface area contributed by atoms with Crippen LogP contribution in [0.25, 0.3) is 0 Å². The summed E-state index contributed by atoms with van der Waals surface area (Å²) in [5.74, 6) is -27.3. The van der Waals surface area contributed by atoms with Crippen molar-refractivity contribution >= 4 is 135 Å². The zero-order valence-electron chi connectivity index (χ0n) is 82.5. The number of aliphatic hydroxyl groups is 8. The molecule has 9 amide bonds. The fourth-order valence-electron chi connectivity index (χ4n) is 14.8. The summed E-state index contributed by atoms with van der Waals surface area (Å²) in [7, 11) is 0. The van der Waals surface area contributed by atoms with E-state index in [4.69, 9.17) is 15.9 Å². The lowest BCUT2D eigenvalue weighted by Crippen LogP contribution is -2.51. The number of carboxylic acid groups (broad SMARTS) is 5. The molecule has 0 aromatic heterocycles. The lowest BCUT2D eigenvalue weighted by Gasteiger charge is -2.22. The van der Waals surface area contributed by atoms with Crippen molar-refractivity contribution in [1.29, 1.82) is 0 Å². The van der Waals surface area contributed by atoms with Crippen LogP contribution in [0.4, 0.5) is 0 Å². The Hall–Kier alpha value is -10.8. The molecule has 143 heavy (non-hydrogen) atoms. The van der Waals surface area contributed by atoms with Gasteiger partial charge in [-0.15, -0.1) is 0 Å². The molecule has 0 spiro atoms. The number of nitrogens with two attached hydrogens (primary N) is 1. The third-order valence-corrected chi connectivity index (χ3v) is 23.8. The Morgan fingerprint density at radius 3 is 1.00 bits per heavy atom. The van der Waals surface area contributed by atoms with E-state index >= 15 is 0 Å². The Kier molecular flexibility index (Phi) is 72.6. The van der Waals surface area contributed by atoms with Gasteiger partial charge in [-0.25, -0.2) is 4.79 Å². The molecule has 48 heteroatoms. The number of nitrogens with one attached hydrogen (secondary N) is 11. The number of carbonyl (C=O) groups excluding carboxylic acids is 18. The standard InChI is InChI=1S/C95H158N12O36.3H2/c1-95(2,96)80(124)50-100-68(28-23-25-41-97-81(125)39-36-75(119)71(56-112)107-91(137)62(53-109)45-67(118)48-101-88(134)63(54-110)46-77(121)73(58-114)104-83(127)38-35-70(94(142)143)103-82(126)30-20-16-12-8-4-6-10-14-18-22-32-87(132)133)79(123)49-99-69(93(140)141)29-24-26-42-98-85(129)51-102-89(135)64(55-111)47-78(122)74(59-115)105-84(128)40-37-76(120)72(57-113)106-90(136)61(52-108)44-66(117)34-33-60(92(138)139)43-65(116)27-19-15-11-7-3-5-9-13-17-21-31-86(130)131;;;/h60-64,68-74,99-100,108-115H,3-59,96H2,1-2H3,(H,97,125)(H,98,129)(H,101,134)(H,102,135)(H,103,126)(H,104,127)(H,105,128)(H,106,136)(H,107,137)(H,130,131)(H,132,133)(H,138,139)(H,140,141)(H,142,143);3*1H/t60-,61+,62+,63+,64+,68+,69+,70+,71+,72+,73+,74+;;;/m1.../s1. The minimum absolute atomic E-state index is 0. The number of aliphatic carboxylic acids is 5. The van der Waals surface area contributed by atoms with Gasteiger partial charge in [0.15, 0.2) is 40.5 Å². The second-order valence-electron chi connectivity index (χ2n) is 36.5. The van der Waals surface area contributed by atoms with E-state index in [0.29, 0.717) is 25.7 Å². The molecule has 0 saturated heterocycles. The Labute approximate surface area is 836 Å². The van der Waals surface area contributed by atoms with Gasteiger partial charge in [0.1, 0.15) is 47.8 Å². The van der Waals surface area contributed by atoms with Crippen LogP contribution in [0.5, 0.6) is 0 Å². The summed E-state index contributed by atoms with van der Waals surface area (Å²) in [6, 6.07) is -10.4. The molecule has 0 heterocycles. The fourth-order valence-corrected chi connectivity index (χ4v) is 14.8. The molecule has 0 bridgehead atoms. The van der Waals surface area contributed by atoms with Crippen molar-refractivity contribution < 1.29 is 181 Å². The van der Waals surface area contributed by atoms with Gasteiger partial charge < -0.3 is 125 Å². The van der Waals surface area contributed by atoms with Gasteiger partial charge in [0, 0.05) is 114 Å². The highest BCUT2D eigenvalue weighted by molar-refractivity contribution is 5.99. The third kappa shape index (κ3) is 63.8. The highest BCUT2D eigenvalue weighted by Gasteiger charge is 2.35. The number of rotatable bonds is 94. The first-order valence-corrected chi connectivity index (χ1v) is 49.4. The summed E-state index contributed by atoms with van der Waals surface area (Å²) in [6.07, 6.45) is 11.6. The van der Waals surface area contributed by atoms with E-state index in [1.54, 1.807) is 0 Å². The highest BCUT2D eigenvalue weighted by atomic mass is 16.4. The van der Waals surface area contributed by atoms with Crippen molar-refractivity contribution in [1.82, 2.24) is 58.5 Å². The highest BCUT2D eigenvalue weighted by Crippen LogP contribution is 2.22. The summed E-state index contributed by atoms with van der Waals surface area (Å²) in [6.45, 7) is -7.22. The molecular weight excluding hydrogens is 1890 g/mol.